The molecule has 16 rings (SSSR count). The van der Waals surface area contributed by atoms with Crippen LogP contribution in [0, 0.1) is 23.7 Å². The van der Waals surface area contributed by atoms with Gasteiger partial charge in [0, 0.05) is 53.3 Å². The van der Waals surface area contributed by atoms with Crippen LogP contribution in [0.25, 0.3) is 81.0 Å². The van der Waals surface area contributed by atoms with Crippen molar-refractivity contribution in [3.63, 3.8) is 0 Å². The third kappa shape index (κ3) is 5.38. The Hall–Kier alpha value is -7.20. The first-order valence-corrected chi connectivity index (χ1v) is 25.2. The zero-order valence-electron chi connectivity index (χ0n) is 37.3. The Kier molecular flexibility index (Phi) is 8.16. The largest absolute Gasteiger partial charge is 0.310 e. The van der Waals surface area contributed by atoms with Crippen LogP contribution in [0.4, 0.5) is 17.1 Å². The first kappa shape index (κ1) is 38.0. The predicted octanol–water partition coefficient (Wildman–Crippen LogP) is 17.7. The zero-order valence-corrected chi connectivity index (χ0v) is 38.1. The highest BCUT2D eigenvalue weighted by Crippen LogP contribution is 2.68. The van der Waals surface area contributed by atoms with Crippen LogP contribution >= 0.6 is 11.3 Å². The van der Waals surface area contributed by atoms with E-state index in [-0.39, 0.29) is 5.41 Å². The van der Waals surface area contributed by atoms with Gasteiger partial charge in [-0.2, -0.15) is 0 Å². The molecule has 67 heavy (non-hydrogen) atoms. The number of aromatic nitrogens is 1. The van der Waals surface area contributed by atoms with E-state index in [1.807, 2.05) is 11.3 Å². The molecule has 1 aliphatic heterocycles. The second kappa shape index (κ2) is 14.4. The van der Waals surface area contributed by atoms with Crippen molar-refractivity contribution in [2.24, 2.45) is 23.7 Å². The predicted molar refractivity (Wildman–Crippen MR) is 282 cm³/mol. The number of thiophene rings is 1. The summed E-state index contributed by atoms with van der Waals surface area (Å²) in [6.45, 7) is 0. The molecule has 9 aromatic carbocycles. The fourth-order valence-electron chi connectivity index (χ4n) is 14.5. The van der Waals surface area contributed by atoms with Crippen molar-refractivity contribution < 1.29 is 0 Å². The van der Waals surface area contributed by atoms with Crippen molar-refractivity contribution in [2.45, 2.75) is 37.5 Å². The molecule has 2 aromatic heterocycles. The van der Waals surface area contributed by atoms with Crippen LogP contribution in [-0.2, 0) is 5.41 Å². The molecule has 0 N–H and O–H groups in total. The van der Waals surface area contributed by atoms with Crippen LogP contribution < -0.4 is 4.90 Å². The molecule has 11 aromatic rings. The monoisotopic (exact) mass is 876 g/mol. The maximum absolute atomic E-state index is 2.67. The number of para-hydroxylation sites is 3. The van der Waals surface area contributed by atoms with Crippen LogP contribution in [0.1, 0.15) is 43.2 Å². The van der Waals surface area contributed by atoms with E-state index < -0.39 is 0 Å². The number of hydrogen-bond donors (Lipinski definition) is 0. The first-order chi connectivity index (χ1) is 33.2. The van der Waals surface area contributed by atoms with Crippen LogP contribution in [-0.4, -0.2) is 4.57 Å². The molecule has 320 valence electrons. The van der Waals surface area contributed by atoms with Gasteiger partial charge in [-0.05, 0) is 149 Å². The Morgan fingerprint density at radius 3 is 1.88 bits per heavy atom. The van der Waals surface area contributed by atoms with E-state index >= 15 is 0 Å². The molecule has 3 heteroatoms. The average Bonchev–Trinajstić information content (AvgIpc) is 3.93. The molecule has 1 spiro atoms. The number of fused-ring (bicyclic) bond motifs is 8. The summed E-state index contributed by atoms with van der Waals surface area (Å²) in [4.78, 5) is 2.59. The lowest BCUT2D eigenvalue weighted by molar-refractivity contribution is -0.0418. The third-order valence-electron chi connectivity index (χ3n) is 16.8. The van der Waals surface area contributed by atoms with Crippen molar-refractivity contribution in [2.75, 3.05) is 4.90 Å². The molecule has 0 atom stereocenters. The summed E-state index contributed by atoms with van der Waals surface area (Å²) in [6, 6.07) is 78.1. The van der Waals surface area contributed by atoms with Crippen LogP contribution in [0.2, 0.25) is 0 Å². The summed E-state index contributed by atoms with van der Waals surface area (Å²) in [7, 11) is 0. The van der Waals surface area contributed by atoms with Crippen LogP contribution in [0.15, 0.2) is 206 Å². The number of anilines is 3. The summed E-state index contributed by atoms with van der Waals surface area (Å²) in [6.07, 6.45) is 6.80. The van der Waals surface area contributed by atoms with Crippen molar-refractivity contribution in [1.29, 1.82) is 0 Å². The van der Waals surface area contributed by atoms with Gasteiger partial charge in [-0.25, -0.2) is 0 Å². The van der Waals surface area contributed by atoms with Gasteiger partial charge in [0.15, 0.2) is 0 Å². The Balaban J connectivity index is 0.969. The number of hydrogen-bond acceptors (Lipinski definition) is 2. The quantitative estimate of drug-likeness (QED) is 0.162. The van der Waals surface area contributed by atoms with Crippen LogP contribution in [0.3, 0.4) is 0 Å². The SMILES string of the molecule is c1ccc(-c2ccccc2N(c2ccc(-c3ccccc3-c3cccc4sc5ccccc5c34)cc2)c2cc3c4c(c2)c2ccccc2n4-c2ccccc2C32C3CC4CC(C3)CC2C4)cc1. The van der Waals surface area contributed by atoms with Crippen molar-refractivity contribution in [3.8, 4) is 39.1 Å². The molecule has 4 bridgehead atoms. The van der Waals surface area contributed by atoms with Crippen molar-refractivity contribution in [1.82, 2.24) is 4.57 Å². The Labute approximate surface area is 395 Å². The maximum Gasteiger partial charge on any atom is 0.0584 e. The Morgan fingerprint density at radius 2 is 1.06 bits per heavy atom. The van der Waals surface area contributed by atoms with Crippen LogP contribution in [0.5, 0.6) is 0 Å². The highest BCUT2D eigenvalue weighted by molar-refractivity contribution is 7.25. The van der Waals surface area contributed by atoms with E-state index in [0.717, 1.165) is 17.5 Å². The van der Waals surface area contributed by atoms with Gasteiger partial charge in [0.1, 0.15) is 0 Å². The second-order valence-electron chi connectivity index (χ2n) is 20.0. The Bertz CT molecular complexity index is 3750. The molecular weight excluding hydrogens is 829 g/mol. The lowest BCUT2D eigenvalue weighted by Gasteiger charge is -2.63. The fourth-order valence-corrected chi connectivity index (χ4v) is 15.6. The molecule has 3 heterocycles. The molecule has 0 amide bonds. The molecule has 4 saturated carbocycles. The average molecular weight is 877 g/mol. The maximum atomic E-state index is 2.67. The third-order valence-corrected chi connectivity index (χ3v) is 17.9. The van der Waals surface area contributed by atoms with E-state index in [2.05, 4.69) is 216 Å². The lowest BCUT2D eigenvalue weighted by Crippen LogP contribution is -2.57. The molecule has 5 aliphatic rings. The molecule has 4 fully saturated rings. The van der Waals surface area contributed by atoms with Crippen molar-refractivity contribution >= 4 is 70.4 Å². The molecule has 4 aliphatic carbocycles. The van der Waals surface area contributed by atoms with Gasteiger partial charge >= 0.3 is 0 Å². The minimum atomic E-state index is -0.0303. The minimum absolute atomic E-state index is 0.0303. The normalized spacial score (nSPS) is 21.2. The zero-order chi connectivity index (χ0) is 43.8. The topological polar surface area (TPSA) is 8.17 Å². The molecular formula is C64H48N2S. The second-order valence-corrected chi connectivity index (χ2v) is 21.1. The minimum Gasteiger partial charge on any atom is -0.310 e. The van der Waals surface area contributed by atoms with Gasteiger partial charge < -0.3 is 9.47 Å². The standard InChI is InChI=1S/C64H48N2S/c1-2-15-42(16-3-1)49-18-6-10-24-57(49)65(46-31-29-43(30-32-46)48-17-4-5-19-50(48)52-22-14-28-61-62(52)53-21-8-13-27-60(53)67-61)47-38-54-51-20-7-11-25-58(51)66-59-26-12-9-23-55(59)64(56(39-47)63(54)66)44-34-40-33-41(36-44)37-45(64)35-40/h1-32,38-41,44-45H,33-37H2. The summed E-state index contributed by atoms with van der Waals surface area (Å²) in [5, 5.41) is 5.35. The smallest absolute Gasteiger partial charge is 0.0584 e. The van der Waals surface area contributed by atoms with Gasteiger partial charge in [-0.3, -0.25) is 0 Å². The summed E-state index contributed by atoms with van der Waals surface area (Å²) < 4.78 is 5.30. The highest BCUT2D eigenvalue weighted by Gasteiger charge is 2.61. The van der Waals surface area contributed by atoms with E-state index in [9.17, 15) is 0 Å². The summed E-state index contributed by atoms with van der Waals surface area (Å²) in [5.41, 5.74) is 18.2. The first-order valence-electron chi connectivity index (χ1n) is 24.4. The fraction of sp³-hybridized carbons (Fsp3) is 0.156. The summed E-state index contributed by atoms with van der Waals surface area (Å²) in [5.74, 6) is 3.00. The van der Waals surface area contributed by atoms with Gasteiger partial charge in [0.2, 0.25) is 0 Å². The molecule has 0 saturated heterocycles. The van der Waals surface area contributed by atoms with E-state index in [1.165, 1.54) is 125 Å². The summed E-state index contributed by atoms with van der Waals surface area (Å²) >= 11 is 1.88. The lowest BCUT2D eigenvalue weighted by atomic mass is 9.41. The van der Waals surface area contributed by atoms with Gasteiger partial charge in [-0.15, -0.1) is 11.3 Å². The molecule has 0 radical (unpaired) electrons. The van der Waals surface area contributed by atoms with Crippen molar-refractivity contribution in [3.05, 3.63) is 217 Å². The van der Waals surface area contributed by atoms with Gasteiger partial charge in [0.25, 0.3) is 0 Å². The Morgan fingerprint density at radius 1 is 0.433 bits per heavy atom. The molecule has 0 unspecified atom stereocenters. The van der Waals surface area contributed by atoms with Gasteiger partial charge in [-0.1, -0.05) is 152 Å². The van der Waals surface area contributed by atoms with E-state index in [1.54, 1.807) is 11.1 Å². The highest BCUT2D eigenvalue weighted by atomic mass is 32.1. The van der Waals surface area contributed by atoms with E-state index in [4.69, 9.17) is 0 Å². The van der Waals surface area contributed by atoms with Gasteiger partial charge in [0.05, 0.1) is 22.4 Å². The van der Waals surface area contributed by atoms with E-state index in [0.29, 0.717) is 11.8 Å². The molecule has 2 nitrogen and oxygen atoms in total. The number of nitrogens with zero attached hydrogens (tertiary/aromatic N) is 2. The number of rotatable bonds is 6. The number of benzene rings is 9.